The molecule has 5 rings (SSSR count). The quantitative estimate of drug-likeness (QED) is 0.166. The monoisotopic (exact) mass is 527 g/mol. The highest BCUT2D eigenvalue weighted by molar-refractivity contribution is 7.87. The van der Waals surface area contributed by atoms with E-state index in [0.717, 1.165) is 27.7 Å². The normalized spacial score (nSPS) is 14.1. The molecule has 0 aliphatic carbocycles. The number of carbonyl (C=O) groups excluding carboxylic acids is 1. The van der Waals surface area contributed by atoms with Crippen LogP contribution in [0, 0.1) is 5.82 Å². The number of carbonyl (C=O) groups is 1. The number of imidazole rings is 1. The zero-order valence-corrected chi connectivity index (χ0v) is 20.8. The van der Waals surface area contributed by atoms with E-state index < -0.39 is 16.0 Å². The smallest absolute Gasteiger partial charge is 0.279 e. The third-order valence-corrected chi connectivity index (χ3v) is 7.99. The van der Waals surface area contributed by atoms with Crippen molar-refractivity contribution in [2.75, 3.05) is 19.6 Å². The van der Waals surface area contributed by atoms with Gasteiger partial charge >= 0.3 is 0 Å². The molecule has 11 nitrogen and oxygen atoms in total. The van der Waals surface area contributed by atoms with Crippen molar-refractivity contribution in [2.45, 2.75) is 26.3 Å². The Balaban J connectivity index is 1.40. The molecule has 0 saturated heterocycles. The minimum Gasteiger partial charge on any atom is -0.505 e. The maximum Gasteiger partial charge on any atom is 0.279 e. The summed E-state index contributed by atoms with van der Waals surface area (Å²) in [5.74, 6) is -0.525. The molecule has 194 valence electrons. The lowest BCUT2D eigenvalue weighted by atomic mass is 9.96. The van der Waals surface area contributed by atoms with Crippen molar-refractivity contribution in [2.24, 2.45) is 0 Å². The van der Waals surface area contributed by atoms with Gasteiger partial charge in [0.05, 0.1) is 17.8 Å². The Labute approximate surface area is 212 Å². The van der Waals surface area contributed by atoms with E-state index in [0.29, 0.717) is 48.6 Å². The molecule has 1 aliphatic heterocycles. The number of phenols is 1. The summed E-state index contributed by atoms with van der Waals surface area (Å²) in [6.45, 7) is 2.63. The number of hydrogen-bond donors (Lipinski definition) is 5. The van der Waals surface area contributed by atoms with Crippen molar-refractivity contribution in [3.05, 3.63) is 53.1 Å². The molecule has 0 atom stereocenters. The van der Waals surface area contributed by atoms with Gasteiger partial charge in [0.1, 0.15) is 5.69 Å². The topological polar surface area (TPSA) is 156 Å². The number of aromatic nitrogens is 4. The Morgan fingerprint density at radius 1 is 1.24 bits per heavy atom. The highest BCUT2D eigenvalue weighted by Gasteiger charge is 2.29. The molecule has 37 heavy (non-hydrogen) atoms. The minimum atomic E-state index is -3.72. The number of amides is 1. The molecule has 1 amide bonds. The SMILES string of the molecule is CCc1cc(O)c(F)cc1-c1ccc2c(-c3nc4c([nH]3)CCN(S(=O)(=O)NCCNC=O)C4)n[nH]c2c1. The molecular formula is C24H26FN7O4S. The van der Waals surface area contributed by atoms with Crippen molar-refractivity contribution in [1.82, 2.24) is 34.5 Å². The van der Waals surface area contributed by atoms with Gasteiger partial charge in [0.25, 0.3) is 10.2 Å². The van der Waals surface area contributed by atoms with Gasteiger partial charge in [0.2, 0.25) is 6.41 Å². The maximum atomic E-state index is 14.1. The predicted molar refractivity (Wildman–Crippen MR) is 135 cm³/mol. The number of halogens is 1. The average molecular weight is 528 g/mol. The number of H-pyrrole nitrogens is 2. The van der Waals surface area contributed by atoms with Gasteiger partial charge < -0.3 is 15.4 Å². The summed E-state index contributed by atoms with van der Waals surface area (Å²) in [6.07, 6.45) is 1.61. The van der Waals surface area contributed by atoms with Crippen LogP contribution in [0.15, 0.2) is 30.3 Å². The molecule has 5 N–H and O–H groups in total. The van der Waals surface area contributed by atoms with Crippen LogP contribution in [0.25, 0.3) is 33.5 Å². The number of nitrogens with zero attached hydrogens (tertiary/aromatic N) is 3. The van der Waals surface area contributed by atoms with Crippen molar-refractivity contribution < 1.29 is 22.7 Å². The number of rotatable bonds is 9. The number of phenolic OH excluding ortho intramolecular Hbond substituents is 1. The van der Waals surface area contributed by atoms with Gasteiger partial charge in [-0.15, -0.1) is 0 Å². The van der Waals surface area contributed by atoms with Crippen LogP contribution in [0.1, 0.15) is 23.9 Å². The standard InChI is InChI=1S/C24H26FN7O4S/c1-2-14-10-22(34)18(25)11-17(14)15-3-4-16-20(9-15)30-31-23(16)24-28-19-5-8-32(12-21(19)29-24)37(35,36)27-7-6-26-13-33/h3-4,9-11,13,27,34H,2,5-8,12H2,1H3,(H,26,33)(H,28,29)(H,30,31). The molecule has 0 bridgehead atoms. The number of fused-ring (bicyclic) bond motifs is 2. The van der Waals surface area contributed by atoms with Gasteiger partial charge in [0.15, 0.2) is 17.4 Å². The minimum absolute atomic E-state index is 0.0913. The van der Waals surface area contributed by atoms with E-state index >= 15 is 0 Å². The van der Waals surface area contributed by atoms with Gasteiger partial charge in [-0.2, -0.15) is 17.8 Å². The molecule has 0 spiro atoms. The van der Waals surface area contributed by atoms with Crippen LogP contribution < -0.4 is 10.0 Å². The second-order valence-corrected chi connectivity index (χ2v) is 10.5. The van der Waals surface area contributed by atoms with Crippen molar-refractivity contribution >= 4 is 27.5 Å². The number of benzene rings is 2. The van der Waals surface area contributed by atoms with Crippen molar-refractivity contribution in [3.8, 4) is 28.4 Å². The fourth-order valence-electron chi connectivity index (χ4n) is 4.52. The summed E-state index contributed by atoms with van der Waals surface area (Å²) in [5.41, 5.74) is 5.10. The number of hydrogen-bond acceptors (Lipinski definition) is 6. The second kappa shape index (κ2) is 9.92. The number of aromatic hydroxyl groups is 1. The molecular weight excluding hydrogens is 501 g/mol. The van der Waals surface area contributed by atoms with Crippen LogP contribution in [0.2, 0.25) is 0 Å². The molecule has 2 aromatic heterocycles. The van der Waals surface area contributed by atoms with E-state index in [1.165, 1.54) is 16.4 Å². The average Bonchev–Trinajstić information content (AvgIpc) is 3.51. The van der Waals surface area contributed by atoms with Crippen LogP contribution in [0.4, 0.5) is 4.39 Å². The summed E-state index contributed by atoms with van der Waals surface area (Å²) >= 11 is 0. The molecule has 1 aliphatic rings. The van der Waals surface area contributed by atoms with Crippen LogP contribution in [-0.2, 0) is 34.4 Å². The Morgan fingerprint density at radius 3 is 2.86 bits per heavy atom. The van der Waals surface area contributed by atoms with E-state index in [9.17, 15) is 22.7 Å². The van der Waals surface area contributed by atoms with E-state index in [1.54, 1.807) is 0 Å². The highest BCUT2D eigenvalue weighted by Crippen LogP contribution is 2.34. The zero-order valence-electron chi connectivity index (χ0n) is 20.0. The fourth-order valence-corrected chi connectivity index (χ4v) is 5.69. The Bertz CT molecular complexity index is 1580. The van der Waals surface area contributed by atoms with Gasteiger partial charge in [-0.25, -0.2) is 14.1 Å². The summed E-state index contributed by atoms with van der Waals surface area (Å²) in [7, 11) is -3.72. The second-order valence-electron chi connectivity index (χ2n) is 8.71. The number of nitrogens with one attached hydrogen (secondary N) is 4. The Hall–Kier alpha value is -3.81. The summed E-state index contributed by atoms with van der Waals surface area (Å²) in [4.78, 5) is 18.3. The Kier molecular flexibility index (Phi) is 6.67. The predicted octanol–water partition coefficient (Wildman–Crippen LogP) is 1.97. The molecule has 0 saturated carbocycles. The van der Waals surface area contributed by atoms with Crippen LogP contribution >= 0.6 is 0 Å². The van der Waals surface area contributed by atoms with Crippen LogP contribution in [-0.4, -0.2) is 64.0 Å². The van der Waals surface area contributed by atoms with Crippen molar-refractivity contribution in [1.29, 1.82) is 0 Å². The summed E-state index contributed by atoms with van der Waals surface area (Å²) in [6, 6.07) is 8.40. The van der Waals surface area contributed by atoms with E-state index in [2.05, 4.69) is 30.2 Å². The Morgan fingerprint density at radius 2 is 2.08 bits per heavy atom. The highest BCUT2D eigenvalue weighted by atomic mass is 32.2. The lowest BCUT2D eigenvalue weighted by Gasteiger charge is -2.25. The fraction of sp³-hybridized carbons (Fsp3) is 0.292. The first-order chi connectivity index (χ1) is 17.8. The van der Waals surface area contributed by atoms with Gasteiger partial charge in [-0.3, -0.25) is 9.89 Å². The molecule has 13 heteroatoms. The first-order valence-electron chi connectivity index (χ1n) is 11.8. The number of aryl methyl sites for hydroxylation is 1. The first-order valence-corrected chi connectivity index (χ1v) is 13.2. The third kappa shape index (κ3) is 4.80. The molecule has 0 unspecified atom stereocenters. The molecule has 3 heterocycles. The van der Waals surface area contributed by atoms with E-state index in [-0.39, 0.29) is 25.4 Å². The summed E-state index contributed by atoms with van der Waals surface area (Å²) < 4.78 is 43.1. The van der Waals surface area contributed by atoms with Gasteiger partial charge in [-0.1, -0.05) is 13.0 Å². The van der Waals surface area contributed by atoms with E-state index in [1.807, 2.05) is 25.1 Å². The van der Waals surface area contributed by atoms with Crippen molar-refractivity contribution in [3.63, 3.8) is 0 Å². The maximum absolute atomic E-state index is 14.1. The first kappa shape index (κ1) is 24.9. The van der Waals surface area contributed by atoms with Gasteiger partial charge in [-0.05, 0) is 47.4 Å². The molecule has 0 radical (unpaired) electrons. The zero-order chi connectivity index (χ0) is 26.2. The molecule has 4 aromatic rings. The van der Waals surface area contributed by atoms with Crippen LogP contribution in [0.5, 0.6) is 5.75 Å². The third-order valence-electron chi connectivity index (χ3n) is 6.43. The molecule has 2 aromatic carbocycles. The largest absolute Gasteiger partial charge is 0.505 e. The van der Waals surface area contributed by atoms with Gasteiger partial charge in [0, 0.05) is 37.1 Å². The molecule has 0 fully saturated rings. The lowest BCUT2D eigenvalue weighted by molar-refractivity contribution is -0.109. The number of aromatic amines is 2. The van der Waals surface area contributed by atoms with E-state index in [4.69, 9.17) is 0 Å². The lowest BCUT2D eigenvalue weighted by Crippen LogP contribution is -2.45. The van der Waals surface area contributed by atoms with Crippen LogP contribution in [0.3, 0.4) is 0 Å². The summed E-state index contributed by atoms with van der Waals surface area (Å²) in [5, 5.41) is 20.4.